The Bertz CT molecular complexity index is 1060. The summed E-state index contributed by atoms with van der Waals surface area (Å²) < 4.78 is 23.9. The summed E-state index contributed by atoms with van der Waals surface area (Å²) in [6.07, 6.45) is 10.7. The van der Waals surface area contributed by atoms with Crippen LogP contribution in [0.5, 0.6) is 5.75 Å². The number of fused-ring (bicyclic) bond motifs is 1. The Labute approximate surface area is 165 Å². The Morgan fingerprint density at radius 3 is 2.64 bits per heavy atom. The molecule has 0 spiro atoms. The maximum absolute atomic E-state index is 12.0. The summed E-state index contributed by atoms with van der Waals surface area (Å²) in [6, 6.07) is 4.99. The predicted molar refractivity (Wildman–Crippen MR) is 109 cm³/mol. The summed E-state index contributed by atoms with van der Waals surface area (Å²) in [6.45, 7) is 0. The molecule has 7 heteroatoms. The molecule has 2 N–H and O–H groups in total. The fourth-order valence-electron chi connectivity index (χ4n) is 4.13. The molecule has 2 aliphatic rings. The highest BCUT2D eigenvalue weighted by atomic mass is 32.2. The van der Waals surface area contributed by atoms with Crippen molar-refractivity contribution in [3.63, 3.8) is 0 Å². The maximum Gasteiger partial charge on any atom is 0.152 e. The van der Waals surface area contributed by atoms with Crippen LogP contribution in [0.3, 0.4) is 0 Å². The van der Waals surface area contributed by atoms with Crippen LogP contribution in [0.15, 0.2) is 18.2 Å². The van der Waals surface area contributed by atoms with Gasteiger partial charge in [0.15, 0.2) is 15.7 Å². The second-order valence-corrected chi connectivity index (χ2v) is 9.76. The van der Waals surface area contributed by atoms with Crippen molar-refractivity contribution < 1.29 is 13.5 Å². The molecule has 0 amide bonds. The number of sulfone groups is 1. The lowest BCUT2D eigenvalue weighted by Crippen LogP contribution is -2.35. The highest BCUT2D eigenvalue weighted by molar-refractivity contribution is 7.91. The van der Waals surface area contributed by atoms with E-state index < -0.39 is 9.84 Å². The third kappa shape index (κ3) is 3.69. The van der Waals surface area contributed by atoms with Crippen molar-refractivity contribution in [1.29, 1.82) is 0 Å². The van der Waals surface area contributed by atoms with E-state index in [9.17, 15) is 13.5 Å². The van der Waals surface area contributed by atoms with Gasteiger partial charge in [-0.3, -0.25) is 0 Å². The summed E-state index contributed by atoms with van der Waals surface area (Å²) >= 11 is 0. The van der Waals surface area contributed by atoms with E-state index in [-0.39, 0.29) is 23.3 Å². The third-order valence-corrected chi connectivity index (χ3v) is 7.33. The zero-order valence-electron chi connectivity index (χ0n) is 15.6. The summed E-state index contributed by atoms with van der Waals surface area (Å²) in [7, 11) is -3.00. The molecule has 2 heterocycles. The Balaban J connectivity index is 1.71. The normalized spacial score (nSPS) is 20.8. The van der Waals surface area contributed by atoms with E-state index >= 15 is 0 Å². The van der Waals surface area contributed by atoms with Gasteiger partial charge in [0.05, 0.1) is 11.5 Å². The van der Waals surface area contributed by atoms with Crippen LogP contribution in [0.4, 0.5) is 5.82 Å². The second-order valence-electron chi connectivity index (χ2n) is 7.54. The summed E-state index contributed by atoms with van der Waals surface area (Å²) in [4.78, 5) is 0. The molecule has 1 aliphatic heterocycles. The van der Waals surface area contributed by atoms with Crippen molar-refractivity contribution in [1.82, 2.24) is 10.2 Å². The van der Waals surface area contributed by atoms with Crippen molar-refractivity contribution in [3.05, 3.63) is 34.9 Å². The summed E-state index contributed by atoms with van der Waals surface area (Å²) in [5, 5.41) is 22.5. The number of rotatable bonds is 3. The minimum absolute atomic E-state index is 0.0941. The summed E-state index contributed by atoms with van der Waals surface area (Å²) in [5.74, 6) is 3.69. The van der Waals surface area contributed by atoms with Gasteiger partial charge >= 0.3 is 0 Å². The van der Waals surface area contributed by atoms with E-state index in [1.165, 1.54) is 0 Å². The van der Waals surface area contributed by atoms with Crippen LogP contribution in [0.1, 0.15) is 42.4 Å². The molecule has 1 aliphatic carbocycles. The van der Waals surface area contributed by atoms with Crippen LogP contribution in [-0.4, -0.2) is 41.3 Å². The highest BCUT2D eigenvalue weighted by Gasteiger charge is 2.27. The summed E-state index contributed by atoms with van der Waals surface area (Å²) in [5.41, 5.74) is 4.07. The van der Waals surface area contributed by atoms with Gasteiger partial charge in [0.2, 0.25) is 0 Å². The first kappa shape index (κ1) is 18.8. The van der Waals surface area contributed by atoms with Crippen LogP contribution in [0, 0.1) is 12.3 Å². The van der Waals surface area contributed by atoms with E-state index in [0.717, 1.165) is 43.2 Å². The predicted octanol–water partition coefficient (Wildman–Crippen LogP) is 2.70. The number of hydrogen-bond acceptors (Lipinski definition) is 6. The average molecular weight is 398 g/mol. The molecule has 6 nitrogen and oxygen atoms in total. The minimum atomic E-state index is -3.00. The number of nitrogens with zero attached hydrogens (tertiary/aromatic N) is 2. The maximum atomic E-state index is 12.0. The van der Waals surface area contributed by atoms with E-state index in [2.05, 4.69) is 21.4 Å². The van der Waals surface area contributed by atoms with Crippen LogP contribution >= 0.6 is 0 Å². The Morgan fingerprint density at radius 1 is 1.14 bits per heavy atom. The molecule has 1 saturated heterocycles. The lowest BCUT2D eigenvalue weighted by atomic mass is 9.88. The minimum Gasteiger partial charge on any atom is -0.507 e. The van der Waals surface area contributed by atoms with Gasteiger partial charge in [0.25, 0.3) is 0 Å². The Kier molecular flexibility index (Phi) is 4.98. The standard InChI is InChI=1S/C21H23N3O3S/c1-2-14-9-10-18(19(25)12-14)20-16-7-3-4-8-17(16)21(24-23-20)22-15-6-5-11-28(26,27)13-15/h1,9-10,12,15,25H,3-8,11,13H2,(H,22,24). The van der Waals surface area contributed by atoms with Gasteiger partial charge in [-0.05, 0) is 62.3 Å². The number of benzene rings is 1. The lowest BCUT2D eigenvalue weighted by molar-refractivity contribution is 0.476. The van der Waals surface area contributed by atoms with Crippen LogP contribution in [0.25, 0.3) is 11.3 Å². The fraction of sp³-hybridized carbons (Fsp3) is 0.429. The first-order valence-corrected chi connectivity index (χ1v) is 11.4. The second kappa shape index (κ2) is 7.44. The molecule has 1 fully saturated rings. The van der Waals surface area contributed by atoms with Crippen molar-refractivity contribution in [2.24, 2.45) is 0 Å². The molecule has 0 bridgehead atoms. The van der Waals surface area contributed by atoms with Gasteiger partial charge in [-0.1, -0.05) is 5.92 Å². The molecule has 28 heavy (non-hydrogen) atoms. The van der Waals surface area contributed by atoms with Crippen molar-refractivity contribution in [3.8, 4) is 29.4 Å². The zero-order chi connectivity index (χ0) is 19.7. The molecule has 1 unspecified atom stereocenters. The zero-order valence-corrected chi connectivity index (χ0v) is 16.4. The van der Waals surface area contributed by atoms with Gasteiger partial charge in [-0.15, -0.1) is 16.6 Å². The molecular formula is C21H23N3O3S. The first-order chi connectivity index (χ1) is 13.5. The molecule has 2 aromatic rings. The molecule has 1 atom stereocenters. The SMILES string of the molecule is C#Cc1ccc(-c2nnc(NC3CCCS(=O)(=O)C3)c3c2CCCC3)c(O)c1. The number of anilines is 1. The smallest absolute Gasteiger partial charge is 0.152 e. The van der Waals surface area contributed by atoms with Gasteiger partial charge in [0.1, 0.15) is 11.4 Å². The Hall–Kier alpha value is -2.59. The van der Waals surface area contributed by atoms with Crippen molar-refractivity contribution in [2.45, 2.75) is 44.6 Å². The number of phenols is 1. The first-order valence-electron chi connectivity index (χ1n) is 9.62. The molecule has 0 saturated carbocycles. The fourth-order valence-corrected chi connectivity index (χ4v) is 5.77. The van der Waals surface area contributed by atoms with E-state index in [1.54, 1.807) is 18.2 Å². The number of aromatic nitrogens is 2. The third-order valence-electron chi connectivity index (χ3n) is 5.51. The topological polar surface area (TPSA) is 92.2 Å². The number of hydrogen-bond donors (Lipinski definition) is 2. The molecule has 1 aromatic heterocycles. The van der Waals surface area contributed by atoms with E-state index in [4.69, 9.17) is 6.42 Å². The Morgan fingerprint density at radius 2 is 1.93 bits per heavy atom. The average Bonchev–Trinajstić information content (AvgIpc) is 2.68. The van der Waals surface area contributed by atoms with Gasteiger partial charge in [-0.2, -0.15) is 0 Å². The number of nitrogens with one attached hydrogen (secondary N) is 1. The largest absolute Gasteiger partial charge is 0.507 e. The lowest BCUT2D eigenvalue weighted by Gasteiger charge is -2.27. The van der Waals surface area contributed by atoms with E-state index in [1.807, 2.05) is 0 Å². The molecule has 146 valence electrons. The number of aromatic hydroxyl groups is 1. The molecular weight excluding hydrogens is 374 g/mol. The van der Waals surface area contributed by atoms with Gasteiger partial charge in [0, 0.05) is 22.7 Å². The molecule has 1 aromatic carbocycles. The number of phenolic OH excluding ortho intramolecular Hbond substituents is 1. The van der Waals surface area contributed by atoms with Crippen molar-refractivity contribution >= 4 is 15.7 Å². The highest BCUT2D eigenvalue weighted by Crippen LogP contribution is 2.37. The van der Waals surface area contributed by atoms with Gasteiger partial charge < -0.3 is 10.4 Å². The van der Waals surface area contributed by atoms with Crippen molar-refractivity contribution in [2.75, 3.05) is 16.8 Å². The van der Waals surface area contributed by atoms with Crippen LogP contribution < -0.4 is 5.32 Å². The monoisotopic (exact) mass is 397 g/mol. The quantitative estimate of drug-likeness (QED) is 0.774. The molecule has 4 rings (SSSR count). The molecule has 0 radical (unpaired) electrons. The van der Waals surface area contributed by atoms with E-state index in [0.29, 0.717) is 29.1 Å². The van der Waals surface area contributed by atoms with Crippen LogP contribution in [0.2, 0.25) is 0 Å². The van der Waals surface area contributed by atoms with Crippen LogP contribution in [-0.2, 0) is 22.7 Å². The van der Waals surface area contributed by atoms with Gasteiger partial charge in [-0.25, -0.2) is 8.42 Å². The number of terminal acetylenes is 1.